The number of halogens is 2. The van der Waals surface area contributed by atoms with Gasteiger partial charge in [0.05, 0.1) is 0 Å². The van der Waals surface area contributed by atoms with E-state index in [1.54, 1.807) is 14.2 Å². The van der Waals surface area contributed by atoms with Crippen LogP contribution >= 0.6 is 17.0 Å². The minimum atomic E-state index is -4.83. The van der Waals surface area contributed by atoms with Crippen molar-refractivity contribution in [3.05, 3.63) is 118 Å². The van der Waals surface area contributed by atoms with Crippen molar-refractivity contribution in [1.29, 1.82) is 0 Å². The number of para-hydroxylation sites is 2. The van der Waals surface area contributed by atoms with Crippen molar-refractivity contribution in [2.75, 3.05) is 14.2 Å². The summed E-state index contributed by atoms with van der Waals surface area (Å²) in [6.45, 7) is 9.35. The molecule has 4 aromatic rings. The number of hydrogen-bond donors (Lipinski definition) is 0. The van der Waals surface area contributed by atoms with E-state index in [0.717, 1.165) is 35.5 Å². The first-order valence-corrected chi connectivity index (χ1v) is 32.0. The number of fused-ring (bicyclic) bond motifs is 2. The van der Waals surface area contributed by atoms with Crippen LogP contribution in [0.3, 0.4) is 0 Å². The molecule has 0 fully saturated rings. The van der Waals surface area contributed by atoms with Gasteiger partial charge >= 0.3 is 273 Å². The predicted molar refractivity (Wildman–Crippen MR) is 189 cm³/mol. The number of ether oxygens (including phenoxy) is 2. The van der Waals surface area contributed by atoms with Crippen molar-refractivity contribution in [2.45, 2.75) is 47.0 Å². The second-order valence-corrected chi connectivity index (χ2v) is 54.9. The fraction of sp³-hybridized carbons (Fsp3) is 0.263. The number of methoxy groups -OCH3 is 2. The molecule has 0 saturated carbocycles. The molecule has 2 unspecified atom stereocenters. The molecule has 0 bridgehead atoms. The van der Waals surface area contributed by atoms with Crippen molar-refractivity contribution >= 4 is 35.1 Å². The molecule has 6 heteroatoms. The Bertz CT molecular complexity index is 1680. The first-order valence-electron chi connectivity index (χ1n) is 15.7. The van der Waals surface area contributed by atoms with Gasteiger partial charge in [0.15, 0.2) is 0 Å². The molecule has 6 rings (SSSR count). The fourth-order valence-electron chi connectivity index (χ4n) is 7.88. The summed E-state index contributed by atoms with van der Waals surface area (Å²) in [7, 11) is 20.6. The van der Waals surface area contributed by atoms with Gasteiger partial charge in [-0.3, -0.25) is 0 Å². The van der Waals surface area contributed by atoms with E-state index in [1.807, 2.05) is 24.3 Å². The second kappa shape index (κ2) is 12.1. The Labute approximate surface area is 271 Å². The molecule has 2 atom stereocenters. The average Bonchev–Trinajstić information content (AvgIpc) is 3.64. The van der Waals surface area contributed by atoms with Crippen LogP contribution in [0.4, 0.5) is 0 Å². The molecule has 44 heavy (non-hydrogen) atoms. The van der Waals surface area contributed by atoms with Gasteiger partial charge in [-0.25, -0.2) is 0 Å². The molecule has 0 amide bonds. The average molecular weight is 720 g/mol. The molecule has 227 valence electrons. The summed E-state index contributed by atoms with van der Waals surface area (Å²) in [4.78, 5) is 0. The van der Waals surface area contributed by atoms with Crippen molar-refractivity contribution < 1.29 is 25.0 Å². The van der Waals surface area contributed by atoms with Gasteiger partial charge < -0.3 is 0 Å². The van der Waals surface area contributed by atoms with Crippen LogP contribution in [0.5, 0.6) is 11.5 Å². The molecule has 2 aliphatic carbocycles. The van der Waals surface area contributed by atoms with Gasteiger partial charge in [0.25, 0.3) is 0 Å². The molecule has 0 saturated heterocycles. The van der Waals surface area contributed by atoms with Crippen LogP contribution in [-0.2, 0) is 15.6 Å². The van der Waals surface area contributed by atoms with E-state index in [4.69, 9.17) is 26.5 Å². The normalized spacial score (nSPS) is 18.2. The standard InChI is InChI=1S/2C18H17O.C2H7Si.2ClH.Zr/c2*1-3-13-11-14-7-6-9-15(17(14)12-13)16-8-4-5-10-18(16)19-2;1-3-2;;;/h2*4-12H,3H2,1-2H3;3H,1-2H3;2*1H;/q;;;;;+2/p-2. The summed E-state index contributed by atoms with van der Waals surface area (Å²) in [5.74, 6) is 0.105. The Morgan fingerprint density at radius 1 is 0.591 bits per heavy atom. The molecule has 2 aliphatic rings. The molecule has 0 spiro atoms. The summed E-state index contributed by atoms with van der Waals surface area (Å²) >= 11 is -4.83. The summed E-state index contributed by atoms with van der Waals surface area (Å²) in [5, 5.41) is 0. The van der Waals surface area contributed by atoms with Gasteiger partial charge in [-0.05, 0) is 0 Å². The summed E-state index contributed by atoms with van der Waals surface area (Å²) in [5.41, 5.74) is 12.4. The zero-order chi connectivity index (χ0) is 31.2. The van der Waals surface area contributed by atoms with Gasteiger partial charge in [0.1, 0.15) is 0 Å². The maximum absolute atomic E-state index is 8.56. The predicted octanol–water partition coefficient (Wildman–Crippen LogP) is 11.4. The third kappa shape index (κ3) is 4.75. The number of allylic oxidation sites excluding steroid dienone is 2. The molecule has 0 N–H and O–H groups in total. The van der Waals surface area contributed by atoms with Gasteiger partial charge in [-0.1, -0.05) is 0 Å². The van der Waals surface area contributed by atoms with Gasteiger partial charge in [-0.2, -0.15) is 0 Å². The SMILES string of the molecule is CCC1=Cc2c(-c3ccccc3OC)cccc2[CH]1[Zr]([Cl])([Cl])([CH]1C(CC)=Cc2c(-c3ccccc3OC)cccc21)[SiH](C)C. The van der Waals surface area contributed by atoms with Crippen molar-refractivity contribution in [3.8, 4) is 33.8 Å². The van der Waals surface area contributed by atoms with E-state index in [-0.39, 0.29) is 7.25 Å². The Morgan fingerprint density at radius 3 is 1.34 bits per heavy atom. The number of rotatable bonds is 9. The van der Waals surface area contributed by atoms with Crippen LogP contribution in [0.2, 0.25) is 13.1 Å². The van der Waals surface area contributed by atoms with E-state index in [0.29, 0.717) is 0 Å². The van der Waals surface area contributed by atoms with Crippen LogP contribution in [-0.4, -0.2) is 20.1 Å². The van der Waals surface area contributed by atoms with Crippen LogP contribution in [0.25, 0.3) is 34.4 Å². The van der Waals surface area contributed by atoms with E-state index in [9.17, 15) is 0 Å². The minimum absolute atomic E-state index is 0.0573. The molecule has 0 heterocycles. The zero-order valence-electron chi connectivity index (χ0n) is 26.5. The number of hydrogen-bond acceptors (Lipinski definition) is 2. The fourth-order valence-corrected chi connectivity index (χ4v) is 39.7. The van der Waals surface area contributed by atoms with E-state index in [2.05, 4.69) is 99.8 Å². The van der Waals surface area contributed by atoms with Gasteiger partial charge in [0, 0.05) is 0 Å². The molecule has 0 aliphatic heterocycles. The van der Waals surface area contributed by atoms with Crippen LogP contribution < -0.4 is 9.47 Å². The van der Waals surface area contributed by atoms with E-state index >= 15 is 0 Å². The molecular formula is C38H41Cl2O2SiZr. The van der Waals surface area contributed by atoms with Crippen molar-refractivity contribution in [3.63, 3.8) is 0 Å². The van der Waals surface area contributed by atoms with E-state index < -0.39 is 21.5 Å². The Balaban J connectivity index is 1.59. The van der Waals surface area contributed by atoms with E-state index in [1.165, 1.54) is 44.5 Å². The Morgan fingerprint density at radius 2 is 0.977 bits per heavy atom. The molecule has 0 aromatic heterocycles. The number of benzene rings is 4. The quantitative estimate of drug-likeness (QED) is 0.160. The van der Waals surface area contributed by atoms with Crippen LogP contribution in [0.1, 0.15) is 56.2 Å². The first-order chi connectivity index (χ1) is 21.2. The molecule has 0 radical (unpaired) electrons. The Hall–Kier alpha value is -2.36. The third-order valence-corrected chi connectivity index (χ3v) is 62.0. The monoisotopic (exact) mass is 717 g/mol. The second-order valence-electron chi connectivity index (χ2n) is 12.4. The molecular weight excluding hydrogens is 679 g/mol. The topological polar surface area (TPSA) is 18.5 Å². The summed E-state index contributed by atoms with van der Waals surface area (Å²) < 4.78 is 11.7. The third-order valence-electron chi connectivity index (χ3n) is 10.1. The van der Waals surface area contributed by atoms with Crippen LogP contribution in [0, 0.1) is 0 Å². The molecule has 4 aromatic carbocycles. The van der Waals surface area contributed by atoms with Gasteiger partial charge in [0.2, 0.25) is 0 Å². The van der Waals surface area contributed by atoms with Crippen LogP contribution in [0.15, 0.2) is 96.1 Å². The Kier molecular flexibility index (Phi) is 8.70. The molecule has 2 nitrogen and oxygen atoms in total. The summed E-state index contributed by atoms with van der Waals surface area (Å²) in [6.07, 6.45) is 6.66. The zero-order valence-corrected chi connectivity index (χ0v) is 31.6. The van der Waals surface area contributed by atoms with Gasteiger partial charge in [-0.15, -0.1) is 0 Å². The maximum atomic E-state index is 8.56. The summed E-state index contributed by atoms with van der Waals surface area (Å²) in [6, 6.07) is 30.0. The van der Waals surface area contributed by atoms with Crippen molar-refractivity contribution in [1.82, 2.24) is 0 Å². The van der Waals surface area contributed by atoms with Crippen molar-refractivity contribution in [2.24, 2.45) is 0 Å². The first kappa shape index (κ1) is 31.6.